The number of benzene rings is 1. The topological polar surface area (TPSA) is 135 Å². The molecule has 0 aliphatic heterocycles. The van der Waals surface area contributed by atoms with Gasteiger partial charge >= 0.3 is 0 Å². The number of aryl methyl sites for hydroxylation is 1. The van der Waals surface area contributed by atoms with Crippen LogP contribution >= 0.6 is 11.8 Å². The van der Waals surface area contributed by atoms with Gasteiger partial charge in [-0.1, -0.05) is 25.6 Å². The lowest BCUT2D eigenvalue weighted by Gasteiger charge is -2.13. The van der Waals surface area contributed by atoms with Crippen LogP contribution in [0.1, 0.15) is 29.8 Å². The van der Waals surface area contributed by atoms with Crippen molar-refractivity contribution in [3.05, 3.63) is 39.7 Å². The van der Waals surface area contributed by atoms with E-state index >= 15 is 0 Å². The highest BCUT2D eigenvalue weighted by Crippen LogP contribution is 2.25. The first-order chi connectivity index (χ1) is 12.5. The molecule has 0 spiro atoms. The molecule has 8 nitrogen and oxygen atoms in total. The number of sulfone groups is 1. The highest BCUT2D eigenvalue weighted by Gasteiger charge is 2.20. The van der Waals surface area contributed by atoms with Crippen LogP contribution in [0.3, 0.4) is 0 Å². The number of hydrogen-bond donors (Lipinski definition) is 3. The number of anilines is 2. The molecule has 0 radical (unpaired) electrons. The summed E-state index contributed by atoms with van der Waals surface area (Å²) in [6.45, 7) is 5.37. The van der Waals surface area contributed by atoms with Gasteiger partial charge in [-0.15, -0.1) is 0 Å². The van der Waals surface area contributed by atoms with Crippen molar-refractivity contribution in [2.75, 3.05) is 17.3 Å². The van der Waals surface area contributed by atoms with Gasteiger partial charge in [-0.2, -0.15) is 0 Å². The van der Waals surface area contributed by atoms with Crippen LogP contribution in [0.5, 0.6) is 0 Å². The van der Waals surface area contributed by atoms with Gasteiger partial charge in [0, 0.05) is 5.69 Å². The van der Waals surface area contributed by atoms with Crippen LogP contribution in [0.4, 0.5) is 11.5 Å². The number of hydrogen-bond acceptors (Lipinski definition) is 7. The number of amides is 1. The Morgan fingerprint density at radius 1 is 1.37 bits per heavy atom. The molecule has 1 aromatic carbocycles. The molecule has 1 heterocycles. The third kappa shape index (κ3) is 4.89. The van der Waals surface area contributed by atoms with E-state index in [9.17, 15) is 18.0 Å². The summed E-state index contributed by atoms with van der Waals surface area (Å²) in [5, 5.41) is 3.21. The molecule has 0 fully saturated rings. The molecule has 0 aliphatic rings. The Morgan fingerprint density at radius 3 is 2.56 bits per heavy atom. The zero-order valence-corrected chi connectivity index (χ0v) is 17.1. The van der Waals surface area contributed by atoms with Gasteiger partial charge in [0.15, 0.2) is 20.8 Å². The van der Waals surface area contributed by atoms with Gasteiger partial charge < -0.3 is 16.0 Å². The number of nitrogens with one attached hydrogen (secondary N) is 2. The van der Waals surface area contributed by atoms with Gasteiger partial charge in [0.1, 0.15) is 5.56 Å². The molecule has 0 atom stereocenters. The van der Waals surface area contributed by atoms with Crippen molar-refractivity contribution in [3.63, 3.8) is 0 Å². The van der Waals surface area contributed by atoms with E-state index < -0.39 is 21.3 Å². The van der Waals surface area contributed by atoms with Crippen LogP contribution in [-0.2, 0) is 9.84 Å². The first kappa shape index (κ1) is 21.0. The maximum atomic E-state index is 12.5. The van der Waals surface area contributed by atoms with Crippen LogP contribution < -0.4 is 16.6 Å². The molecular weight excluding hydrogens is 388 g/mol. The van der Waals surface area contributed by atoms with Crippen molar-refractivity contribution in [2.45, 2.75) is 30.8 Å². The summed E-state index contributed by atoms with van der Waals surface area (Å²) < 4.78 is 24.9. The smallest absolute Gasteiger partial charge is 0.266 e. The Kier molecular flexibility index (Phi) is 6.32. The van der Waals surface area contributed by atoms with E-state index in [0.29, 0.717) is 16.4 Å². The lowest BCUT2D eigenvalue weighted by molar-refractivity contribution is 0.0999. The summed E-state index contributed by atoms with van der Waals surface area (Å²) in [5.41, 5.74) is 5.40. The Labute approximate surface area is 161 Å². The fourth-order valence-corrected chi connectivity index (χ4v) is 4.87. The Bertz CT molecular complexity index is 1030. The Morgan fingerprint density at radius 2 is 2.04 bits per heavy atom. The van der Waals surface area contributed by atoms with Crippen molar-refractivity contribution in [2.24, 2.45) is 11.7 Å². The molecule has 1 amide bonds. The number of aromatic amines is 1. The standard InChI is InChI=1S/C17H22N4O4S2/c1-9(2)8-27(24,25)12-6-5-11(7-10(12)3)19-15-13(14(18)22)16(23)21-17(20-15)26-4/h5-7,9H,8H2,1-4H3,(H2,18,22)(H2,19,20,21,23). The number of nitrogens with zero attached hydrogens (tertiary/aromatic N) is 1. The largest absolute Gasteiger partial charge is 0.365 e. The summed E-state index contributed by atoms with van der Waals surface area (Å²) in [4.78, 5) is 30.6. The summed E-state index contributed by atoms with van der Waals surface area (Å²) >= 11 is 1.20. The number of primary amides is 1. The molecule has 2 aromatic rings. The number of carbonyl (C=O) groups is 1. The van der Waals surface area contributed by atoms with E-state index in [1.54, 1.807) is 25.3 Å². The molecule has 2 rings (SSSR count). The number of aromatic nitrogens is 2. The number of carbonyl (C=O) groups excluding carboxylic acids is 1. The van der Waals surface area contributed by atoms with Gasteiger partial charge in [-0.3, -0.25) is 9.59 Å². The first-order valence-corrected chi connectivity index (χ1v) is 11.0. The van der Waals surface area contributed by atoms with Gasteiger partial charge in [-0.05, 0) is 42.9 Å². The molecular formula is C17H22N4O4S2. The molecule has 0 saturated heterocycles. The van der Waals surface area contributed by atoms with Crippen molar-refractivity contribution in [1.29, 1.82) is 0 Å². The van der Waals surface area contributed by atoms with Gasteiger partial charge in [0.25, 0.3) is 11.5 Å². The minimum atomic E-state index is -3.39. The number of H-pyrrole nitrogens is 1. The van der Waals surface area contributed by atoms with Crippen molar-refractivity contribution < 1.29 is 13.2 Å². The van der Waals surface area contributed by atoms with Crippen LogP contribution in [0.25, 0.3) is 0 Å². The maximum Gasteiger partial charge on any atom is 0.266 e. The highest BCUT2D eigenvalue weighted by atomic mass is 32.2. The zero-order chi connectivity index (χ0) is 20.4. The molecule has 0 unspecified atom stereocenters. The number of nitrogens with two attached hydrogens (primary N) is 1. The predicted molar refractivity (Wildman–Crippen MR) is 107 cm³/mol. The predicted octanol–water partition coefficient (Wildman–Crippen LogP) is 2.07. The summed E-state index contributed by atoms with van der Waals surface area (Å²) in [5.74, 6) is -0.825. The number of thioether (sulfide) groups is 1. The third-order valence-corrected chi connectivity index (χ3v) is 6.48. The van der Waals surface area contributed by atoms with E-state index in [-0.39, 0.29) is 27.9 Å². The third-order valence-electron chi connectivity index (χ3n) is 3.66. The first-order valence-electron chi connectivity index (χ1n) is 8.13. The summed E-state index contributed by atoms with van der Waals surface area (Å²) in [6, 6.07) is 4.69. The fourth-order valence-electron chi connectivity index (χ4n) is 2.61. The van der Waals surface area contributed by atoms with Crippen LogP contribution in [0.2, 0.25) is 0 Å². The second-order valence-electron chi connectivity index (χ2n) is 6.44. The van der Waals surface area contributed by atoms with E-state index in [1.807, 2.05) is 13.8 Å². The van der Waals surface area contributed by atoms with Crippen LogP contribution in [0.15, 0.2) is 33.0 Å². The summed E-state index contributed by atoms with van der Waals surface area (Å²) in [6.07, 6.45) is 1.73. The Balaban J connectivity index is 2.45. The van der Waals surface area contributed by atoms with E-state index in [4.69, 9.17) is 5.73 Å². The summed E-state index contributed by atoms with van der Waals surface area (Å²) in [7, 11) is -3.39. The lowest BCUT2D eigenvalue weighted by Crippen LogP contribution is -2.26. The van der Waals surface area contributed by atoms with Gasteiger partial charge in [-0.25, -0.2) is 13.4 Å². The van der Waals surface area contributed by atoms with Crippen molar-refractivity contribution in [3.8, 4) is 0 Å². The minimum absolute atomic E-state index is 0.00975. The van der Waals surface area contributed by atoms with E-state index in [2.05, 4.69) is 15.3 Å². The van der Waals surface area contributed by atoms with E-state index in [0.717, 1.165) is 0 Å². The molecule has 10 heteroatoms. The quantitative estimate of drug-likeness (QED) is 0.470. The molecule has 1 aromatic heterocycles. The molecule has 0 aliphatic carbocycles. The average Bonchev–Trinajstić information content (AvgIpc) is 2.52. The fraction of sp³-hybridized carbons (Fsp3) is 0.353. The molecule has 146 valence electrons. The average molecular weight is 411 g/mol. The normalized spacial score (nSPS) is 11.6. The van der Waals surface area contributed by atoms with Crippen molar-refractivity contribution in [1.82, 2.24) is 9.97 Å². The Hall–Kier alpha value is -2.33. The molecule has 0 bridgehead atoms. The SMILES string of the molecule is CSc1nc(Nc2ccc(S(=O)(=O)CC(C)C)c(C)c2)c(C(N)=O)c(=O)[nH]1. The minimum Gasteiger partial charge on any atom is -0.365 e. The van der Waals surface area contributed by atoms with Gasteiger partial charge in [0.2, 0.25) is 0 Å². The lowest BCUT2D eigenvalue weighted by atomic mass is 10.2. The van der Waals surface area contributed by atoms with Crippen LogP contribution in [-0.4, -0.2) is 36.3 Å². The van der Waals surface area contributed by atoms with E-state index in [1.165, 1.54) is 17.8 Å². The van der Waals surface area contributed by atoms with Gasteiger partial charge in [0.05, 0.1) is 10.6 Å². The molecule has 0 saturated carbocycles. The second-order valence-corrected chi connectivity index (χ2v) is 9.24. The van der Waals surface area contributed by atoms with Crippen LogP contribution in [0, 0.1) is 12.8 Å². The monoisotopic (exact) mass is 410 g/mol. The highest BCUT2D eigenvalue weighted by molar-refractivity contribution is 7.98. The molecule has 4 N–H and O–H groups in total. The molecule has 27 heavy (non-hydrogen) atoms. The van der Waals surface area contributed by atoms with Crippen molar-refractivity contribution >= 4 is 39.0 Å². The second kappa shape index (κ2) is 8.13. The number of rotatable bonds is 7. The zero-order valence-electron chi connectivity index (χ0n) is 15.5. The maximum absolute atomic E-state index is 12.5.